The number of anilines is 1. The Morgan fingerprint density at radius 3 is 2.79 bits per heavy atom. The summed E-state index contributed by atoms with van der Waals surface area (Å²) in [5.74, 6) is 1.01. The molecule has 142 valence electrons. The summed E-state index contributed by atoms with van der Waals surface area (Å²) in [6.07, 6.45) is 1.61. The van der Waals surface area contributed by atoms with Crippen LogP contribution in [0.2, 0.25) is 5.02 Å². The van der Waals surface area contributed by atoms with E-state index in [4.69, 9.17) is 16.0 Å². The first-order valence-corrected chi connectivity index (χ1v) is 10.8. The highest BCUT2D eigenvalue weighted by atomic mass is 35.5. The molecule has 4 aromatic rings. The van der Waals surface area contributed by atoms with Gasteiger partial charge >= 0.3 is 0 Å². The average molecular weight is 429 g/mol. The number of nitrogens with zero attached hydrogens (tertiary/aromatic N) is 2. The largest absolute Gasteiger partial charge is 0.467 e. The van der Waals surface area contributed by atoms with Crippen LogP contribution in [-0.2, 0) is 11.3 Å². The van der Waals surface area contributed by atoms with E-state index in [1.807, 2.05) is 55.5 Å². The quantitative estimate of drug-likeness (QED) is 0.344. The maximum absolute atomic E-state index is 13.1. The molecule has 2 heterocycles. The minimum atomic E-state index is -0.0212. The first kappa shape index (κ1) is 19.1. The number of aryl methyl sites for hydroxylation is 1. The Balaban J connectivity index is 1.58. The summed E-state index contributed by atoms with van der Waals surface area (Å²) in [5, 5.41) is 1.30. The Bertz CT molecular complexity index is 1090. The Kier molecular flexibility index (Phi) is 5.71. The highest BCUT2D eigenvalue weighted by molar-refractivity contribution is 8.00. The normalized spacial score (nSPS) is 11.1. The number of halogens is 1. The van der Waals surface area contributed by atoms with Crippen LogP contribution in [0.1, 0.15) is 11.3 Å². The number of furan rings is 1. The minimum absolute atomic E-state index is 0.0212. The number of hydrogen-bond donors (Lipinski definition) is 0. The minimum Gasteiger partial charge on any atom is -0.467 e. The molecule has 4 rings (SSSR count). The predicted octanol–water partition coefficient (Wildman–Crippen LogP) is 6.18. The Hall–Kier alpha value is -2.28. The molecule has 0 aliphatic heterocycles. The number of carbonyl (C=O) groups is 1. The monoisotopic (exact) mass is 428 g/mol. The summed E-state index contributed by atoms with van der Waals surface area (Å²) in [7, 11) is 0. The second-order valence-electron chi connectivity index (χ2n) is 6.27. The lowest BCUT2D eigenvalue weighted by molar-refractivity contribution is -0.116. The van der Waals surface area contributed by atoms with Crippen LogP contribution in [0.5, 0.6) is 0 Å². The number of amides is 1. The van der Waals surface area contributed by atoms with Crippen molar-refractivity contribution in [3.63, 3.8) is 0 Å². The van der Waals surface area contributed by atoms with Crippen LogP contribution in [0, 0.1) is 6.92 Å². The van der Waals surface area contributed by atoms with Gasteiger partial charge in [-0.15, -0.1) is 11.8 Å². The fourth-order valence-electron chi connectivity index (χ4n) is 2.68. The molecule has 0 radical (unpaired) electrons. The van der Waals surface area contributed by atoms with Gasteiger partial charge in [0.2, 0.25) is 5.91 Å². The molecular weight excluding hydrogens is 412 g/mol. The van der Waals surface area contributed by atoms with Crippen molar-refractivity contribution in [1.82, 2.24) is 4.98 Å². The zero-order chi connectivity index (χ0) is 19.5. The molecule has 0 unspecified atom stereocenters. The van der Waals surface area contributed by atoms with Gasteiger partial charge < -0.3 is 4.42 Å². The molecule has 0 saturated carbocycles. The number of fused-ring (bicyclic) bond motifs is 1. The van der Waals surface area contributed by atoms with Crippen LogP contribution in [0.15, 0.2) is 70.2 Å². The molecule has 2 aromatic carbocycles. The zero-order valence-corrected chi connectivity index (χ0v) is 17.5. The summed E-state index contributed by atoms with van der Waals surface area (Å²) in [6, 6.07) is 17.4. The van der Waals surface area contributed by atoms with Crippen molar-refractivity contribution < 1.29 is 9.21 Å². The van der Waals surface area contributed by atoms with Crippen molar-refractivity contribution in [1.29, 1.82) is 0 Å². The number of carbonyl (C=O) groups excluding carboxylic acids is 1. The fraction of sp³-hybridized carbons (Fsp3) is 0.143. The van der Waals surface area contributed by atoms with Crippen molar-refractivity contribution >= 4 is 56.0 Å². The summed E-state index contributed by atoms with van der Waals surface area (Å²) >= 11 is 9.06. The van der Waals surface area contributed by atoms with Crippen LogP contribution in [-0.4, -0.2) is 16.6 Å². The van der Waals surface area contributed by atoms with Crippen molar-refractivity contribution in [2.75, 3.05) is 10.7 Å². The van der Waals surface area contributed by atoms with Crippen LogP contribution in [0.25, 0.3) is 10.2 Å². The summed E-state index contributed by atoms with van der Waals surface area (Å²) < 4.78 is 6.41. The van der Waals surface area contributed by atoms with E-state index >= 15 is 0 Å². The highest BCUT2D eigenvalue weighted by Gasteiger charge is 2.21. The van der Waals surface area contributed by atoms with E-state index in [9.17, 15) is 4.79 Å². The Labute approximate surface area is 176 Å². The number of aromatic nitrogens is 1. The third-order valence-electron chi connectivity index (χ3n) is 4.15. The fourth-order valence-corrected chi connectivity index (χ4v) is 4.71. The van der Waals surface area contributed by atoms with Crippen LogP contribution >= 0.6 is 34.7 Å². The molecule has 0 aliphatic rings. The lowest BCUT2D eigenvalue weighted by Gasteiger charge is -2.18. The first-order chi connectivity index (χ1) is 13.6. The Morgan fingerprint density at radius 1 is 1.21 bits per heavy atom. The molecule has 4 nitrogen and oxygen atoms in total. The molecule has 1 amide bonds. The van der Waals surface area contributed by atoms with Gasteiger partial charge in [-0.1, -0.05) is 40.6 Å². The SMILES string of the molecule is Cc1ccc(SCC(=O)N(Cc2ccco2)c2nc3ccc(Cl)cc3s2)cc1. The number of hydrogen-bond acceptors (Lipinski definition) is 5. The van der Waals surface area contributed by atoms with Gasteiger partial charge in [-0.05, 0) is 49.4 Å². The standard InChI is InChI=1S/C21H17ClN2O2S2/c1-14-4-7-17(8-5-14)27-13-20(25)24(12-16-3-2-10-26-16)21-23-18-9-6-15(22)11-19(18)28-21/h2-11H,12-13H2,1H3. The molecule has 0 saturated heterocycles. The third-order valence-corrected chi connectivity index (χ3v) is 6.42. The first-order valence-electron chi connectivity index (χ1n) is 8.67. The lowest BCUT2D eigenvalue weighted by atomic mass is 10.2. The van der Waals surface area contributed by atoms with Crippen LogP contribution in [0.4, 0.5) is 5.13 Å². The highest BCUT2D eigenvalue weighted by Crippen LogP contribution is 2.32. The molecule has 0 N–H and O–H groups in total. The number of thioether (sulfide) groups is 1. The van der Waals surface area contributed by atoms with Gasteiger partial charge in [0.1, 0.15) is 5.76 Å². The van der Waals surface area contributed by atoms with E-state index in [1.165, 1.54) is 28.7 Å². The maximum atomic E-state index is 13.1. The van der Waals surface area contributed by atoms with Gasteiger partial charge in [-0.25, -0.2) is 4.98 Å². The zero-order valence-electron chi connectivity index (χ0n) is 15.1. The van der Waals surface area contributed by atoms with E-state index in [-0.39, 0.29) is 5.91 Å². The van der Waals surface area contributed by atoms with Crippen LogP contribution in [0.3, 0.4) is 0 Å². The summed E-state index contributed by atoms with van der Waals surface area (Å²) in [4.78, 5) is 20.4. The van der Waals surface area contributed by atoms with E-state index in [2.05, 4.69) is 4.98 Å². The smallest absolute Gasteiger partial charge is 0.239 e. The summed E-state index contributed by atoms with van der Waals surface area (Å²) in [5.41, 5.74) is 2.02. The van der Waals surface area contributed by atoms with Gasteiger partial charge in [0.05, 0.1) is 28.8 Å². The van der Waals surface area contributed by atoms with Gasteiger partial charge in [0, 0.05) is 9.92 Å². The second-order valence-corrected chi connectivity index (χ2v) is 8.76. The molecular formula is C21H17ClN2O2S2. The molecule has 2 aromatic heterocycles. The van der Waals surface area contributed by atoms with E-state index in [0.717, 1.165) is 15.1 Å². The molecule has 0 atom stereocenters. The van der Waals surface area contributed by atoms with E-state index in [0.29, 0.717) is 28.2 Å². The van der Waals surface area contributed by atoms with Gasteiger partial charge in [-0.2, -0.15) is 0 Å². The maximum Gasteiger partial charge on any atom is 0.239 e. The average Bonchev–Trinajstić information content (AvgIpc) is 3.34. The third kappa shape index (κ3) is 4.41. The molecule has 0 spiro atoms. The summed E-state index contributed by atoms with van der Waals surface area (Å²) in [6.45, 7) is 2.39. The molecule has 0 bridgehead atoms. The molecule has 0 aliphatic carbocycles. The molecule has 7 heteroatoms. The van der Waals surface area contributed by atoms with E-state index < -0.39 is 0 Å². The second kappa shape index (κ2) is 8.39. The predicted molar refractivity (Wildman–Crippen MR) is 116 cm³/mol. The molecule has 0 fully saturated rings. The van der Waals surface area contributed by atoms with Crippen molar-refractivity contribution in [3.8, 4) is 0 Å². The van der Waals surface area contributed by atoms with Crippen LogP contribution < -0.4 is 4.90 Å². The molecule has 28 heavy (non-hydrogen) atoms. The Morgan fingerprint density at radius 2 is 2.04 bits per heavy atom. The van der Waals surface area contributed by atoms with Gasteiger partial charge in [-0.3, -0.25) is 9.69 Å². The van der Waals surface area contributed by atoms with Crippen molar-refractivity contribution in [2.45, 2.75) is 18.4 Å². The number of thiazole rings is 1. The number of rotatable bonds is 6. The van der Waals surface area contributed by atoms with Gasteiger partial charge in [0.15, 0.2) is 5.13 Å². The van der Waals surface area contributed by atoms with Gasteiger partial charge in [0.25, 0.3) is 0 Å². The number of benzene rings is 2. The van der Waals surface area contributed by atoms with Crippen molar-refractivity contribution in [3.05, 3.63) is 77.2 Å². The van der Waals surface area contributed by atoms with Crippen molar-refractivity contribution in [2.24, 2.45) is 0 Å². The van der Waals surface area contributed by atoms with E-state index in [1.54, 1.807) is 17.2 Å². The lowest BCUT2D eigenvalue weighted by Crippen LogP contribution is -2.31. The topological polar surface area (TPSA) is 46.3 Å².